The third-order valence-corrected chi connectivity index (χ3v) is 4.71. The zero-order valence-corrected chi connectivity index (χ0v) is 14.0. The standard InChI is InChI=1S/C14H13Br2ClN2/c15-11-4-2-1-3-10(11)14(8-18)19-9-5-6-13(17)12(16)7-9/h1-7,14,19H,8,18H2. The molecular weight excluding hydrogens is 391 g/mol. The number of hydrogen-bond donors (Lipinski definition) is 2. The Morgan fingerprint density at radius 3 is 2.47 bits per heavy atom. The molecule has 100 valence electrons. The van der Waals surface area contributed by atoms with Crippen molar-refractivity contribution in [1.29, 1.82) is 0 Å². The molecule has 0 fully saturated rings. The van der Waals surface area contributed by atoms with E-state index in [9.17, 15) is 0 Å². The first-order valence-corrected chi connectivity index (χ1v) is 7.74. The highest BCUT2D eigenvalue weighted by Gasteiger charge is 2.12. The molecule has 3 N–H and O–H groups in total. The minimum atomic E-state index is 0.0450. The predicted molar refractivity (Wildman–Crippen MR) is 88.7 cm³/mol. The lowest BCUT2D eigenvalue weighted by Gasteiger charge is -2.20. The summed E-state index contributed by atoms with van der Waals surface area (Å²) in [5.41, 5.74) is 7.98. The van der Waals surface area contributed by atoms with E-state index in [4.69, 9.17) is 17.3 Å². The van der Waals surface area contributed by atoms with Gasteiger partial charge in [-0.05, 0) is 45.8 Å². The van der Waals surface area contributed by atoms with Gasteiger partial charge in [0, 0.05) is 21.2 Å². The van der Waals surface area contributed by atoms with Crippen molar-refractivity contribution in [2.45, 2.75) is 6.04 Å². The molecule has 0 aromatic heterocycles. The Morgan fingerprint density at radius 2 is 1.84 bits per heavy atom. The van der Waals surface area contributed by atoms with E-state index in [2.05, 4.69) is 43.2 Å². The van der Waals surface area contributed by atoms with Crippen LogP contribution in [-0.2, 0) is 0 Å². The van der Waals surface area contributed by atoms with Gasteiger partial charge < -0.3 is 11.1 Å². The summed E-state index contributed by atoms with van der Waals surface area (Å²) in [6.45, 7) is 0.503. The first kappa shape index (κ1) is 14.9. The van der Waals surface area contributed by atoms with E-state index in [-0.39, 0.29) is 6.04 Å². The van der Waals surface area contributed by atoms with Crippen LogP contribution in [0.3, 0.4) is 0 Å². The van der Waals surface area contributed by atoms with Crippen LogP contribution in [0.4, 0.5) is 5.69 Å². The summed E-state index contributed by atoms with van der Waals surface area (Å²) < 4.78 is 1.91. The van der Waals surface area contributed by atoms with Crippen LogP contribution >= 0.6 is 43.5 Å². The summed E-state index contributed by atoms with van der Waals surface area (Å²) in [5, 5.41) is 4.10. The van der Waals surface area contributed by atoms with Crippen LogP contribution in [0.1, 0.15) is 11.6 Å². The molecule has 2 aromatic rings. The van der Waals surface area contributed by atoms with Gasteiger partial charge in [0.25, 0.3) is 0 Å². The van der Waals surface area contributed by atoms with Gasteiger partial charge >= 0.3 is 0 Å². The van der Waals surface area contributed by atoms with Gasteiger partial charge in [0.2, 0.25) is 0 Å². The average Bonchev–Trinajstić information content (AvgIpc) is 2.41. The fourth-order valence-electron chi connectivity index (χ4n) is 1.81. The number of hydrogen-bond acceptors (Lipinski definition) is 2. The van der Waals surface area contributed by atoms with Crippen molar-refractivity contribution in [3.05, 3.63) is 62.0 Å². The van der Waals surface area contributed by atoms with E-state index in [1.165, 1.54) is 0 Å². The largest absolute Gasteiger partial charge is 0.377 e. The number of nitrogens with one attached hydrogen (secondary N) is 1. The van der Waals surface area contributed by atoms with Crippen molar-refractivity contribution >= 4 is 49.1 Å². The maximum absolute atomic E-state index is 5.99. The molecule has 0 spiro atoms. The van der Waals surface area contributed by atoms with Crippen LogP contribution in [0.25, 0.3) is 0 Å². The molecule has 0 bridgehead atoms. The van der Waals surface area contributed by atoms with Crippen LogP contribution in [-0.4, -0.2) is 6.54 Å². The number of nitrogens with two attached hydrogens (primary N) is 1. The van der Waals surface area contributed by atoms with E-state index < -0.39 is 0 Å². The van der Waals surface area contributed by atoms with Crippen LogP contribution in [0.2, 0.25) is 5.02 Å². The van der Waals surface area contributed by atoms with E-state index >= 15 is 0 Å². The second-order valence-corrected chi connectivity index (χ2v) is 6.20. The molecule has 0 aliphatic carbocycles. The topological polar surface area (TPSA) is 38.0 Å². The lowest BCUT2D eigenvalue weighted by atomic mass is 10.1. The zero-order chi connectivity index (χ0) is 13.8. The van der Waals surface area contributed by atoms with Gasteiger partial charge in [0.15, 0.2) is 0 Å². The third kappa shape index (κ3) is 3.72. The quantitative estimate of drug-likeness (QED) is 0.754. The smallest absolute Gasteiger partial charge is 0.0647 e. The molecule has 2 nitrogen and oxygen atoms in total. The second-order valence-electron chi connectivity index (χ2n) is 4.08. The monoisotopic (exact) mass is 402 g/mol. The van der Waals surface area contributed by atoms with E-state index in [1.54, 1.807) is 0 Å². The highest BCUT2D eigenvalue weighted by molar-refractivity contribution is 9.10. The minimum Gasteiger partial charge on any atom is -0.377 e. The SMILES string of the molecule is NCC(Nc1ccc(Cl)c(Br)c1)c1ccccc1Br. The number of anilines is 1. The van der Waals surface area contributed by atoms with Crippen molar-refractivity contribution in [3.8, 4) is 0 Å². The van der Waals surface area contributed by atoms with Crippen LogP contribution in [0.5, 0.6) is 0 Å². The van der Waals surface area contributed by atoms with Gasteiger partial charge in [-0.15, -0.1) is 0 Å². The normalized spacial score (nSPS) is 12.2. The number of rotatable bonds is 4. The summed E-state index contributed by atoms with van der Waals surface area (Å²) >= 11 is 13.0. The van der Waals surface area contributed by atoms with Crippen molar-refractivity contribution in [1.82, 2.24) is 0 Å². The molecule has 19 heavy (non-hydrogen) atoms. The minimum absolute atomic E-state index is 0.0450. The molecular formula is C14H13Br2ClN2. The van der Waals surface area contributed by atoms with Crippen molar-refractivity contribution in [3.63, 3.8) is 0 Å². The molecule has 0 saturated heterocycles. The first-order valence-electron chi connectivity index (χ1n) is 5.78. The summed E-state index contributed by atoms with van der Waals surface area (Å²) in [4.78, 5) is 0. The van der Waals surface area contributed by atoms with Gasteiger partial charge in [-0.2, -0.15) is 0 Å². The average molecular weight is 405 g/mol. The van der Waals surface area contributed by atoms with Crippen LogP contribution in [0, 0.1) is 0 Å². The molecule has 2 aromatic carbocycles. The Balaban J connectivity index is 2.24. The Kier molecular flexibility index (Phi) is 5.28. The van der Waals surface area contributed by atoms with Crippen molar-refractivity contribution in [2.75, 3.05) is 11.9 Å². The van der Waals surface area contributed by atoms with E-state index in [1.807, 2.05) is 36.4 Å². The van der Waals surface area contributed by atoms with Crippen LogP contribution in [0.15, 0.2) is 51.4 Å². The number of halogens is 3. The summed E-state index contributed by atoms with van der Waals surface area (Å²) in [5.74, 6) is 0. The third-order valence-electron chi connectivity index (χ3n) is 2.78. The van der Waals surface area contributed by atoms with Crippen LogP contribution < -0.4 is 11.1 Å². The van der Waals surface area contributed by atoms with Gasteiger partial charge in [-0.25, -0.2) is 0 Å². The molecule has 0 heterocycles. The molecule has 0 aliphatic rings. The van der Waals surface area contributed by atoms with Gasteiger partial charge in [-0.3, -0.25) is 0 Å². The lowest BCUT2D eigenvalue weighted by Crippen LogP contribution is -2.21. The summed E-state index contributed by atoms with van der Waals surface area (Å²) in [6, 6.07) is 13.8. The van der Waals surface area contributed by atoms with Gasteiger partial charge in [0.05, 0.1) is 11.1 Å². The second kappa shape index (κ2) is 6.75. The molecule has 1 atom stereocenters. The lowest BCUT2D eigenvalue weighted by molar-refractivity contribution is 0.786. The molecule has 0 radical (unpaired) electrons. The molecule has 5 heteroatoms. The van der Waals surface area contributed by atoms with E-state index in [0.717, 1.165) is 20.2 Å². The summed E-state index contributed by atoms with van der Waals surface area (Å²) in [7, 11) is 0. The fourth-order valence-corrected chi connectivity index (χ4v) is 2.87. The Labute approximate surface area is 134 Å². The molecule has 0 saturated carbocycles. The maximum Gasteiger partial charge on any atom is 0.0647 e. The van der Waals surface area contributed by atoms with Crippen molar-refractivity contribution < 1.29 is 0 Å². The highest BCUT2D eigenvalue weighted by atomic mass is 79.9. The van der Waals surface area contributed by atoms with E-state index in [0.29, 0.717) is 11.6 Å². The Bertz CT molecular complexity index is 575. The molecule has 2 rings (SSSR count). The number of benzene rings is 2. The highest BCUT2D eigenvalue weighted by Crippen LogP contribution is 2.29. The van der Waals surface area contributed by atoms with Crippen molar-refractivity contribution in [2.24, 2.45) is 5.73 Å². The molecule has 0 amide bonds. The molecule has 1 unspecified atom stereocenters. The first-order chi connectivity index (χ1) is 9.11. The Morgan fingerprint density at radius 1 is 1.11 bits per heavy atom. The summed E-state index contributed by atoms with van der Waals surface area (Å²) in [6.07, 6.45) is 0. The fraction of sp³-hybridized carbons (Fsp3) is 0.143. The predicted octanol–water partition coefficient (Wildman–Crippen LogP) is 4.98. The maximum atomic E-state index is 5.99. The van der Waals surface area contributed by atoms with Gasteiger partial charge in [-0.1, -0.05) is 45.7 Å². The molecule has 0 aliphatic heterocycles. The zero-order valence-electron chi connectivity index (χ0n) is 10.0. The van der Waals surface area contributed by atoms with Gasteiger partial charge in [0.1, 0.15) is 0 Å². The Hall–Kier alpha value is -0.550.